The summed E-state index contributed by atoms with van der Waals surface area (Å²) in [6.45, 7) is 4.59. The monoisotopic (exact) mass is 247 g/mol. The van der Waals surface area contributed by atoms with E-state index < -0.39 is 4.92 Å². The van der Waals surface area contributed by atoms with E-state index in [4.69, 9.17) is 0 Å². The van der Waals surface area contributed by atoms with Gasteiger partial charge in [-0.15, -0.1) is 0 Å². The van der Waals surface area contributed by atoms with E-state index in [9.17, 15) is 14.9 Å². The first-order valence-corrected chi connectivity index (χ1v) is 5.58. The standard InChI is InChI=1S/C12H13N3O3/c1-8-7-10(3-4-11(8)15(17)18)12(16)14-6-5-13-9(14)2/h3-4,7H,5-6H2,1-2H3. The first-order valence-electron chi connectivity index (χ1n) is 5.58. The summed E-state index contributed by atoms with van der Waals surface area (Å²) in [5, 5.41) is 10.7. The van der Waals surface area contributed by atoms with E-state index in [-0.39, 0.29) is 11.6 Å². The quantitative estimate of drug-likeness (QED) is 0.590. The van der Waals surface area contributed by atoms with Gasteiger partial charge in [-0.25, -0.2) is 0 Å². The average Bonchev–Trinajstić information content (AvgIpc) is 2.74. The van der Waals surface area contributed by atoms with Crippen molar-refractivity contribution in [2.24, 2.45) is 4.99 Å². The molecular formula is C12H13N3O3. The Morgan fingerprint density at radius 2 is 2.17 bits per heavy atom. The van der Waals surface area contributed by atoms with Crippen LogP contribution in [-0.2, 0) is 0 Å². The molecule has 6 heteroatoms. The van der Waals surface area contributed by atoms with E-state index in [0.29, 0.717) is 30.1 Å². The number of hydrogen-bond donors (Lipinski definition) is 0. The molecule has 1 aliphatic rings. The Bertz CT molecular complexity index is 551. The van der Waals surface area contributed by atoms with Crippen LogP contribution in [-0.4, -0.2) is 34.7 Å². The zero-order valence-electron chi connectivity index (χ0n) is 10.2. The molecular weight excluding hydrogens is 234 g/mol. The van der Waals surface area contributed by atoms with Gasteiger partial charge in [-0.2, -0.15) is 0 Å². The molecule has 0 fully saturated rings. The zero-order valence-corrected chi connectivity index (χ0v) is 10.2. The molecule has 0 saturated carbocycles. The van der Waals surface area contributed by atoms with Crippen molar-refractivity contribution < 1.29 is 9.72 Å². The average molecular weight is 247 g/mol. The molecule has 0 N–H and O–H groups in total. The topological polar surface area (TPSA) is 75.8 Å². The van der Waals surface area contributed by atoms with E-state index in [1.54, 1.807) is 24.8 Å². The molecule has 18 heavy (non-hydrogen) atoms. The molecule has 0 bridgehead atoms. The third-order valence-corrected chi connectivity index (χ3v) is 2.94. The van der Waals surface area contributed by atoms with Crippen LogP contribution in [0.4, 0.5) is 5.69 Å². The van der Waals surface area contributed by atoms with Gasteiger partial charge < -0.3 is 0 Å². The SMILES string of the molecule is CC1=NCCN1C(=O)c1ccc([N+](=O)[O-])c(C)c1. The van der Waals surface area contributed by atoms with E-state index in [1.807, 2.05) is 0 Å². The second-order valence-corrected chi connectivity index (χ2v) is 4.14. The minimum absolute atomic E-state index is 0.0263. The zero-order chi connectivity index (χ0) is 13.3. The van der Waals surface area contributed by atoms with Crippen LogP contribution in [0.2, 0.25) is 0 Å². The molecule has 0 atom stereocenters. The van der Waals surface area contributed by atoms with Crippen LogP contribution in [0.5, 0.6) is 0 Å². The van der Waals surface area contributed by atoms with Gasteiger partial charge in [-0.05, 0) is 26.0 Å². The fraction of sp³-hybridized carbons (Fsp3) is 0.333. The Morgan fingerprint density at radius 3 is 2.67 bits per heavy atom. The molecule has 0 aromatic heterocycles. The number of amidine groups is 1. The number of benzene rings is 1. The van der Waals surface area contributed by atoms with Gasteiger partial charge in [0.15, 0.2) is 0 Å². The summed E-state index contributed by atoms with van der Waals surface area (Å²) in [6, 6.07) is 4.40. The maximum atomic E-state index is 12.2. The highest BCUT2D eigenvalue weighted by atomic mass is 16.6. The molecule has 6 nitrogen and oxygen atoms in total. The van der Waals surface area contributed by atoms with Crippen molar-refractivity contribution in [2.75, 3.05) is 13.1 Å². The molecule has 0 spiro atoms. The van der Waals surface area contributed by atoms with E-state index in [0.717, 1.165) is 0 Å². The van der Waals surface area contributed by atoms with Crippen molar-refractivity contribution in [1.29, 1.82) is 0 Å². The van der Waals surface area contributed by atoms with Gasteiger partial charge in [-0.1, -0.05) is 0 Å². The van der Waals surface area contributed by atoms with Crippen molar-refractivity contribution >= 4 is 17.4 Å². The van der Waals surface area contributed by atoms with Gasteiger partial charge in [-0.3, -0.25) is 24.8 Å². The van der Waals surface area contributed by atoms with Crippen molar-refractivity contribution in [1.82, 2.24) is 4.90 Å². The molecule has 1 aromatic rings. The Labute approximate surface area is 104 Å². The number of hydrogen-bond acceptors (Lipinski definition) is 4. The first kappa shape index (κ1) is 12.2. The fourth-order valence-electron chi connectivity index (χ4n) is 1.96. The molecule has 94 valence electrons. The van der Waals surface area contributed by atoms with Gasteiger partial charge in [0.25, 0.3) is 11.6 Å². The lowest BCUT2D eigenvalue weighted by molar-refractivity contribution is -0.385. The summed E-state index contributed by atoms with van der Waals surface area (Å²) in [5.41, 5.74) is 0.965. The Balaban J connectivity index is 2.30. The van der Waals surface area contributed by atoms with Crippen LogP contribution in [0.1, 0.15) is 22.8 Å². The van der Waals surface area contributed by atoms with Gasteiger partial charge in [0.2, 0.25) is 0 Å². The Kier molecular flexibility index (Phi) is 3.10. The number of amides is 1. The van der Waals surface area contributed by atoms with E-state index in [1.165, 1.54) is 12.1 Å². The number of carbonyl (C=O) groups is 1. The normalized spacial score (nSPS) is 14.6. The molecule has 1 heterocycles. The number of aliphatic imine (C=N–C) groups is 1. The lowest BCUT2D eigenvalue weighted by Crippen LogP contribution is -2.32. The number of rotatable bonds is 2. The summed E-state index contributed by atoms with van der Waals surface area (Å²) in [7, 11) is 0. The van der Waals surface area contributed by atoms with Crippen molar-refractivity contribution in [2.45, 2.75) is 13.8 Å². The molecule has 1 aromatic carbocycles. The second-order valence-electron chi connectivity index (χ2n) is 4.14. The van der Waals surface area contributed by atoms with Crippen LogP contribution < -0.4 is 0 Å². The molecule has 1 amide bonds. The molecule has 0 unspecified atom stereocenters. The van der Waals surface area contributed by atoms with E-state index in [2.05, 4.69) is 4.99 Å². The predicted octanol–water partition coefficient (Wildman–Crippen LogP) is 1.78. The predicted molar refractivity (Wildman–Crippen MR) is 66.8 cm³/mol. The molecule has 1 aliphatic heterocycles. The van der Waals surface area contributed by atoms with Crippen LogP contribution in [0, 0.1) is 17.0 Å². The van der Waals surface area contributed by atoms with Crippen molar-refractivity contribution in [3.8, 4) is 0 Å². The minimum atomic E-state index is -0.452. The first-order chi connectivity index (χ1) is 8.50. The van der Waals surface area contributed by atoms with Crippen LogP contribution in [0.3, 0.4) is 0 Å². The van der Waals surface area contributed by atoms with Gasteiger partial charge in [0.05, 0.1) is 11.5 Å². The molecule has 0 saturated heterocycles. The number of nitro groups is 1. The maximum Gasteiger partial charge on any atom is 0.272 e. The lowest BCUT2D eigenvalue weighted by Gasteiger charge is -2.16. The smallest absolute Gasteiger partial charge is 0.272 e. The highest BCUT2D eigenvalue weighted by Crippen LogP contribution is 2.20. The number of nitrogens with zero attached hydrogens (tertiary/aromatic N) is 3. The summed E-state index contributed by atoms with van der Waals surface area (Å²) in [4.78, 5) is 28.1. The van der Waals surface area contributed by atoms with Crippen LogP contribution >= 0.6 is 0 Å². The molecule has 0 aliphatic carbocycles. The summed E-state index contributed by atoms with van der Waals surface area (Å²) in [5.74, 6) is 0.530. The van der Waals surface area contributed by atoms with Gasteiger partial charge in [0, 0.05) is 23.7 Å². The molecule has 0 radical (unpaired) electrons. The number of carbonyl (C=O) groups excluding carboxylic acids is 1. The lowest BCUT2D eigenvalue weighted by atomic mass is 10.1. The minimum Gasteiger partial charge on any atom is -0.295 e. The fourth-order valence-corrected chi connectivity index (χ4v) is 1.96. The second kappa shape index (κ2) is 4.56. The highest BCUT2D eigenvalue weighted by Gasteiger charge is 2.23. The Morgan fingerprint density at radius 1 is 1.44 bits per heavy atom. The highest BCUT2D eigenvalue weighted by molar-refractivity contribution is 6.06. The van der Waals surface area contributed by atoms with Gasteiger partial charge in [0.1, 0.15) is 5.84 Å². The van der Waals surface area contributed by atoms with Gasteiger partial charge >= 0.3 is 0 Å². The van der Waals surface area contributed by atoms with Crippen LogP contribution in [0.25, 0.3) is 0 Å². The van der Waals surface area contributed by atoms with Crippen molar-refractivity contribution in [3.05, 3.63) is 39.4 Å². The van der Waals surface area contributed by atoms with Crippen LogP contribution in [0.15, 0.2) is 23.2 Å². The molecule has 2 rings (SSSR count). The summed E-state index contributed by atoms with van der Waals surface area (Å²) >= 11 is 0. The third kappa shape index (κ3) is 2.09. The maximum absolute atomic E-state index is 12.2. The number of nitro benzene ring substituents is 1. The largest absolute Gasteiger partial charge is 0.295 e. The Hall–Kier alpha value is -2.24. The third-order valence-electron chi connectivity index (χ3n) is 2.94. The van der Waals surface area contributed by atoms with E-state index >= 15 is 0 Å². The summed E-state index contributed by atoms with van der Waals surface area (Å²) < 4.78 is 0. The van der Waals surface area contributed by atoms with Crippen molar-refractivity contribution in [3.63, 3.8) is 0 Å². The number of aryl methyl sites for hydroxylation is 1. The summed E-state index contributed by atoms with van der Waals surface area (Å²) in [6.07, 6.45) is 0.